The predicted molar refractivity (Wildman–Crippen MR) is 62.5 cm³/mol. The first-order valence-electron chi connectivity index (χ1n) is 4.92. The molecule has 1 aromatic rings. The third-order valence-electron chi connectivity index (χ3n) is 2.68. The van der Waals surface area contributed by atoms with E-state index >= 15 is 0 Å². The summed E-state index contributed by atoms with van der Waals surface area (Å²) >= 11 is 6.04. The normalized spacial score (nSPS) is 13.3. The Morgan fingerprint density at radius 1 is 1.44 bits per heavy atom. The molecule has 1 atom stereocenters. The molecule has 0 radical (unpaired) electrons. The number of hydrogen-bond donors (Lipinski definition) is 1. The van der Waals surface area contributed by atoms with Crippen LogP contribution >= 0.6 is 11.6 Å². The molecular formula is C12H15ClO3. The molecule has 0 aromatic heterocycles. The lowest BCUT2D eigenvalue weighted by Crippen LogP contribution is -2.40. The second kappa shape index (κ2) is 4.85. The van der Waals surface area contributed by atoms with E-state index in [1.165, 1.54) is 7.11 Å². The number of carbonyl (C=O) groups excluding carboxylic acids is 1. The number of ether oxygens (including phenoxy) is 1. The summed E-state index contributed by atoms with van der Waals surface area (Å²) in [7, 11) is 1.24. The van der Waals surface area contributed by atoms with E-state index in [1.54, 1.807) is 32.0 Å². The van der Waals surface area contributed by atoms with Crippen molar-refractivity contribution in [3.8, 4) is 0 Å². The zero-order valence-corrected chi connectivity index (χ0v) is 10.3. The molecule has 0 aliphatic heterocycles. The van der Waals surface area contributed by atoms with Crippen molar-refractivity contribution in [2.75, 3.05) is 7.11 Å². The van der Waals surface area contributed by atoms with Crippen LogP contribution in [0.4, 0.5) is 0 Å². The smallest absolute Gasteiger partial charge is 0.335 e. The van der Waals surface area contributed by atoms with Crippen LogP contribution < -0.4 is 0 Å². The Hall–Kier alpha value is -1.06. The van der Waals surface area contributed by atoms with Crippen molar-refractivity contribution in [2.24, 2.45) is 0 Å². The highest BCUT2D eigenvalue weighted by Gasteiger charge is 2.37. The Balaban J connectivity index is 3.11. The van der Waals surface area contributed by atoms with E-state index in [0.717, 1.165) is 5.56 Å². The van der Waals surface area contributed by atoms with Gasteiger partial charge in [-0.15, -0.1) is 0 Å². The minimum absolute atomic E-state index is 0.524. The van der Waals surface area contributed by atoms with Crippen molar-refractivity contribution in [1.29, 1.82) is 0 Å². The summed E-state index contributed by atoms with van der Waals surface area (Å²) in [5, 5.41) is 10.4. The summed E-state index contributed by atoms with van der Waals surface area (Å²) in [6.45, 7) is 3.49. The van der Waals surface area contributed by atoms with Gasteiger partial charge in [-0.3, -0.25) is 0 Å². The summed E-state index contributed by atoms with van der Waals surface area (Å²) in [5.74, 6) is -0.662. The molecule has 0 saturated carbocycles. The van der Waals surface area contributed by atoms with Gasteiger partial charge in [0.05, 0.1) is 7.11 Å². The number of rotatable bonds is 3. The lowest BCUT2D eigenvalue weighted by Gasteiger charge is -2.29. The summed E-state index contributed by atoms with van der Waals surface area (Å²) in [4.78, 5) is 11.3. The first-order chi connectivity index (χ1) is 7.41. The highest BCUT2D eigenvalue weighted by molar-refractivity contribution is 6.31. The number of aliphatic hydroxyl groups is 1. The van der Waals surface area contributed by atoms with Gasteiger partial charge in [0.2, 0.25) is 0 Å². The second-order valence-corrected chi connectivity index (χ2v) is 4.53. The van der Waals surface area contributed by atoms with Crippen LogP contribution in [0, 0.1) is 0 Å². The van der Waals surface area contributed by atoms with Crippen LogP contribution in [0.5, 0.6) is 0 Å². The Labute approximate surface area is 100.0 Å². The van der Waals surface area contributed by atoms with E-state index in [2.05, 4.69) is 4.74 Å². The van der Waals surface area contributed by atoms with E-state index in [9.17, 15) is 9.90 Å². The average Bonchev–Trinajstić information content (AvgIpc) is 2.27. The molecule has 1 N–H and O–H groups in total. The Morgan fingerprint density at radius 3 is 2.50 bits per heavy atom. The minimum atomic E-state index is -1.24. The Morgan fingerprint density at radius 2 is 2.00 bits per heavy atom. The molecule has 1 unspecified atom stereocenters. The third-order valence-corrected chi connectivity index (χ3v) is 3.01. The van der Waals surface area contributed by atoms with Gasteiger partial charge < -0.3 is 9.84 Å². The molecule has 0 aliphatic carbocycles. The minimum Gasteiger partial charge on any atom is -0.467 e. The first-order valence-corrected chi connectivity index (χ1v) is 5.30. The third kappa shape index (κ3) is 2.36. The van der Waals surface area contributed by atoms with E-state index in [0.29, 0.717) is 5.02 Å². The van der Waals surface area contributed by atoms with Crippen LogP contribution in [0.25, 0.3) is 0 Å². The van der Waals surface area contributed by atoms with Crippen LogP contribution in [-0.4, -0.2) is 24.3 Å². The summed E-state index contributed by atoms with van der Waals surface area (Å²) in [5.41, 5.74) is -0.0691. The van der Waals surface area contributed by atoms with Crippen LogP contribution in [0.1, 0.15) is 19.4 Å². The van der Waals surface area contributed by atoms with Gasteiger partial charge in [0.1, 0.15) is 0 Å². The van der Waals surface area contributed by atoms with Crippen molar-refractivity contribution >= 4 is 17.6 Å². The van der Waals surface area contributed by atoms with E-state index in [1.807, 2.05) is 6.07 Å². The molecule has 0 heterocycles. The van der Waals surface area contributed by atoms with E-state index < -0.39 is 17.5 Å². The molecule has 3 nitrogen and oxygen atoms in total. The van der Waals surface area contributed by atoms with Crippen LogP contribution in [0.15, 0.2) is 24.3 Å². The van der Waals surface area contributed by atoms with Crippen molar-refractivity contribution < 1.29 is 14.6 Å². The molecule has 16 heavy (non-hydrogen) atoms. The first kappa shape index (κ1) is 13.0. The standard InChI is InChI=1S/C12H15ClO3/c1-12(2,10(14)11(15)16-3)8-6-4-5-7-9(8)13/h4-7,10,14H,1-3H3. The fraction of sp³-hybridized carbons (Fsp3) is 0.417. The second-order valence-electron chi connectivity index (χ2n) is 4.13. The lowest BCUT2D eigenvalue weighted by atomic mass is 9.79. The van der Waals surface area contributed by atoms with Gasteiger partial charge in [-0.25, -0.2) is 4.79 Å². The van der Waals surface area contributed by atoms with Crippen molar-refractivity contribution in [3.05, 3.63) is 34.9 Å². The number of hydrogen-bond acceptors (Lipinski definition) is 3. The summed E-state index contributed by atoms with van der Waals surface area (Å²) in [6.07, 6.45) is -1.24. The average molecular weight is 243 g/mol. The highest BCUT2D eigenvalue weighted by atomic mass is 35.5. The molecule has 0 aliphatic rings. The maximum absolute atomic E-state index is 11.3. The number of esters is 1. The van der Waals surface area contributed by atoms with E-state index in [4.69, 9.17) is 11.6 Å². The fourth-order valence-corrected chi connectivity index (χ4v) is 1.92. The fourth-order valence-electron chi connectivity index (χ4n) is 1.54. The molecule has 1 aromatic carbocycles. The van der Waals surface area contributed by atoms with E-state index in [-0.39, 0.29) is 0 Å². The molecule has 0 bridgehead atoms. The van der Waals surface area contributed by atoms with Crippen molar-refractivity contribution in [1.82, 2.24) is 0 Å². The van der Waals surface area contributed by atoms with Gasteiger partial charge in [-0.05, 0) is 11.6 Å². The molecule has 0 spiro atoms. The Kier molecular flexibility index (Phi) is 3.94. The number of aliphatic hydroxyl groups excluding tert-OH is 1. The molecule has 0 fully saturated rings. The number of carbonyl (C=O) groups is 1. The van der Waals surface area contributed by atoms with Gasteiger partial charge in [0.15, 0.2) is 6.10 Å². The SMILES string of the molecule is COC(=O)C(O)C(C)(C)c1ccccc1Cl. The monoisotopic (exact) mass is 242 g/mol. The molecule has 88 valence electrons. The molecule has 1 rings (SSSR count). The van der Waals surface area contributed by atoms with Crippen LogP contribution in [0.3, 0.4) is 0 Å². The number of halogens is 1. The topological polar surface area (TPSA) is 46.5 Å². The predicted octanol–water partition coefficient (Wildman–Crippen LogP) is 2.15. The largest absolute Gasteiger partial charge is 0.467 e. The zero-order valence-electron chi connectivity index (χ0n) is 9.53. The van der Waals surface area contributed by atoms with Crippen LogP contribution in [0.2, 0.25) is 5.02 Å². The van der Waals surface area contributed by atoms with Crippen molar-refractivity contribution in [2.45, 2.75) is 25.4 Å². The summed E-state index contributed by atoms with van der Waals surface area (Å²) < 4.78 is 4.53. The summed E-state index contributed by atoms with van der Waals surface area (Å²) in [6, 6.07) is 7.12. The Bertz CT molecular complexity index is 388. The lowest BCUT2D eigenvalue weighted by molar-refractivity contribution is -0.153. The molecule has 0 saturated heterocycles. The van der Waals surface area contributed by atoms with Crippen molar-refractivity contribution in [3.63, 3.8) is 0 Å². The van der Waals surface area contributed by atoms with Gasteiger partial charge >= 0.3 is 5.97 Å². The number of methoxy groups -OCH3 is 1. The van der Waals surface area contributed by atoms with Gasteiger partial charge in [0.25, 0.3) is 0 Å². The quantitative estimate of drug-likeness (QED) is 0.827. The highest BCUT2D eigenvalue weighted by Crippen LogP contribution is 2.32. The van der Waals surface area contributed by atoms with Gasteiger partial charge in [0, 0.05) is 10.4 Å². The molecule has 0 amide bonds. The maximum Gasteiger partial charge on any atom is 0.335 e. The molecule has 4 heteroatoms. The molecular weight excluding hydrogens is 228 g/mol. The maximum atomic E-state index is 11.3. The zero-order chi connectivity index (χ0) is 12.3. The van der Waals surface area contributed by atoms with Crippen LogP contribution in [-0.2, 0) is 14.9 Å². The van der Waals surface area contributed by atoms with Gasteiger partial charge in [-0.1, -0.05) is 43.6 Å². The van der Waals surface area contributed by atoms with Gasteiger partial charge in [-0.2, -0.15) is 0 Å². The number of benzene rings is 1.